The molecule has 30 heavy (non-hydrogen) atoms. The van der Waals surface area contributed by atoms with Gasteiger partial charge in [-0.2, -0.15) is 0 Å². The Hall–Kier alpha value is -3.60. The monoisotopic (exact) mass is 425 g/mol. The van der Waals surface area contributed by atoms with E-state index < -0.39 is 16.5 Å². The lowest BCUT2D eigenvalue weighted by atomic mass is 9.80. The molecule has 1 aromatic carbocycles. The van der Waals surface area contributed by atoms with Gasteiger partial charge in [0.1, 0.15) is 12.1 Å². The molecule has 5 rings (SSSR count). The van der Waals surface area contributed by atoms with Crippen molar-refractivity contribution in [3.63, 3.8) is 0 Å². The summed E-state index contributed by atoms with van der Waals surface area (Å²) in [4.78, 5) is 38.3. The van der Waals surface area contributed by atoms with Crippen molar-refractivity contribution in [1.82, 2.24) is 20.4 Å². The van der Waals surface area contributed by atoms with Gasteiger partial charge in [-0.25, -0.2) is 4.79 Å². The quantitative estimate of drug-likeness (QED) is 0.386. The van der Waals surface area contributed by atoms with E-state index in [0.717, 1.165) is 28.2 Å². The molecule has 1 N–H and O–H groups in total. The van der Waals surface area contributed by atoms with Crippen LogP contribution in [0.1, 0.15) is 29.2 Å². The number of carbonyl (C=O) groups is 2. The summed E-state index contributed by atoms with van der Waals surface area (Å²) in [5.74, 6) is -0.0633. The van der Waals surface area contributed by atoms with Crippen molar-refractivity contribution < 1.29 is 18.9 Å². The molecule has 3 amide bonds. The molecule has 2 aliphatic rings. The highest BCUT2D eigenvalue weighted by Gasteiger charge is 2.54. The minimum atomic E-state index is -1.02. The summed E-state index contributed by atoms with van der Waals surface area (Å²) >= 11 is 1.59. The van der Waals surface area contributed by atoms with E-state index in [1.54, 1.807) is 11.3 Å². The molecule has 2 aromatic heterocycles. The van der Waals surface area contributed by atoms with Gasteiger partial charge in [0, 0.05) is 28.1 Å². The van der Waals surface area contributed by atoms with E-state index >= 15 is 0 Å². The predicted molar refractivity (Wildman–Crippen MR) is 104 cm³/mol. The summed E-state index contributed by atoms with van der Waals surface area (Å²) in [7, 11) is 0. The first-order chi connectivity index (χ1) is 14.5. The number of fused-ring (bicyclic) bond motifs is 2. The number of nitro groups is 1. The average molecular weight is 425 g/mol. The Balaban J connectivity index is 1.38. The molecular formula is C19H15N5O5S. The van der Waals surface area contributed by atoms with Crippen LogP contribution in [0.5, 0.6) is 0 Å². The third-order valence-corrected chi connectivity index (χ3v) is 6.40. The highest BCUT2D eigenvalue weighted by atomic mass is 32.1. The number of nitrogens with one attached hydrogen (secondary N) is 1. The van der Waals surface area contributed by atoms with Crippen LogP contribution in [0.4, 0.5) is 10.5 Å². The van der Waals surface area contributed by atoms with Crippen LogP contribution in [0.3, 0.4) is 0 Å². The van der Waals surface area contributed by atoms with Gasteiger partial charge in [-0.05, 0) is 42.8 Å². The molecule has 1 unspecified atom stereocenters. The van der Waals surface area contributed by atoms with E-state index in [-0.39, 0.29) is 29.9 Å². The minimum absolute atomic E-state index is 0.0524. The van der Waals surface area contributed by atoms with Gasteiger partial charge in [-0.15, -0.1) is 21.5 Å². The maximum atomic E-state index is 13.2. The van der Waals surface area contributed by atoms with Crippen LogP contribution in [0.2, 0.25) is 0 Å². The van der Waals surface area contributed by atoms with Crippen molar-refractivity contribution in [2.24, 2.45) is 0 Å². The van der Waals surface area contributed by atoms with Crippen molar-refractivity contribution in [3.05, 3.63) is 62.2 Å². The van der Waals surface area contributed by atoms with Crippen LogP contribution >= 0.6 is 11.3 Å². The summed E-state index contributed by atoms with van der Waals surface area (Å²) in [6, 6.07) is 7.08. The number of aryl methyl sites for hydroxylation is 1. The Morgan fingerprint density at radius 3 is 2.80 bits per heavy atom. The van der Waals surface area contributed by atoms with Crippen LogP contribution in [-0.4, -0.2) is 32.0 Å². The lowest BCUT2D eigenvalue weighted by Crippen LogP contribution is -2.46. The number of nitro benzene ring substituents is 1. The van der Waals surface area contributed by atoms with E-state index in [9.17, 15) is 19.7 Å². The summed E-state index contributed by atoms with van der Waals surface area (Å²) in [5, 5.41) is 23.4. The standard InChI is InChI=1S/C19H15N5O5S/c25-17-19(8-1-2-14-13(19)7-9-30-14)20-18(26)23(17)10-15-21-22-16(29-15)11-3-5-12(6-4-11)24(27)28/h3-7,9H,1-2,8,10H2,(H,20,26). The fourth-order valence-electron chi connectivity index (χ4n) is 3.98. The van der Waals surface area contributed by atoms with E-state index in [0.29, 0.717) is 12.0 Å². The highest BCUT2D eigenvalue weighted by molar-refractivity contribution is 7.10. The third kappa shape index (κ3) is 2.77. The number of nitrogens with zero attached hydrogens (tertiary/aromatic N) is 4. The number of carbonyl (C=O) groups excluding carboxylic acids is 2. The topological polar surface area (TPSA) is 131 Å². The van der Waals surface area contributed by atoms with Gasteiger partial charge in [0.05, 0.1) is 4.92 Å². The molecule has 0 bridgehead atoms. The van der Waals surface area contributed by atoms with Crippen molar-refractivity contribution in [3.8, 4) is 11.5 Å². The predicted octanol–water partition coefficient (Wildman–Crippen LogP) is 2.99. The molecule has 0 radical (unpaired) electrons. The van der Waals surface area contributed by atoms with Crippen LogP contribution < -0.4 is 5.32 Å². The second-order valence-electron chi connectivity index (χ2n) is 7.14. The maximum absolute atomic E-state index is 13.2. The molecule has 3 heterocycles. The zero-order chi connectivity index (χ0) is 20.9. The second kappa shape index (κ2) is 6.73. The number of thiophene rings is 1. The van der Waals surface area contributed by atoms with Crippen molar-refractivity contribution in [2.45, 2.75) is 31.3 Å². The van der Waals surface area contributed by atoms with E-state index in [4.69, 9.17) is 4.42 Å². The number of hydrogen-bond acceptors (Lipinski definition) is 8. The SMILES string of the molecule is O=C1NC2(CCCc3sccc32)C(=O)N1Cc1nnc(-c2ccc([N+](=O)[O-])cc2)o1. The molecule has 1 saturated heterocycles. The largest absolute Gasteiger partial charge is 0.419 e. The molecule has 1 atom stereocenters. The Morgan fingerprint density at radius 1 is 1.23 bits per heavy atom. The van der Waals surface area contributed by atoms with Gasteiger partial charge in [0.25, 0.3) is 11.6 Å². The van der Waals surface area contributed by atoms with Crippen LogP contribution in [0, 0.1) is 10.1 Å². The molecule has 11 heteroatoms. The summed E-state index contributed by atoms with van der Waals surface area (Å²) in [5.41, 5.74) is 0.301. The molecular weight excluding hydrogens is 410 g/mol. The number of hydrogen-bond donors (Lipinski definition) is 1. The Kier molecular flexibility index (Phi) is 4.13. The lowest BCUT2D eigenvalue weighted by Gasteiger charge is -2.31. The van der Waals surface area contributed by atoms with Gasteiger partial charge in [-0.1, -0.05) is 0 Å². The second-order valence-corrected chi connectivity index (χ2v) is 8.14. The van der Waals surface area contributed by atoms with Gasteiger partial charge in [-0.3, -0.25) is 19.8 Å². The summed E-state index contributed by atoms with van der Waals surface area (Å²) < 4.78 is 5.59. The van der Waals surface area contributed by atoms with Crippen molar-refractivity contribution >= 4 is 29.0 Å². The molecule has 152 valence electrons. The number of amides is 3. The third-order valence-electron chi connectivity index (χ3n) is 5.42. The zero-order valence-corrected chi connectivity index (χ0v) is 16.3. The number of rotatable bonds is 4. The maximum Gasteiger partial charge on any atom is 0.325 e. The molecule has 1 spiro atoms. The van der Waals surface area contributed by atoms with Gasteiger partial charge in [0.2, 0.25) is 11.8 Å². The minimum Gasteiger partial charge on any atom is -0.419 e. The van der Waals surface area contributed by atoms with Crippen LogP contribution in [0.15, 0.2) is 40.1 Å². The number of urea groups is 1. The number of imide groups is 1. The molecule has 1 aliphatic carbocycles. The Labute approximate surface area is 173 Å². The summed E-state index contributed by atoms with van der Waals surface area (Å²) in [6.45, 7) is -0.147. The van der Waals surface area contributed by atoms with Gasteiger partial charge in [0.15, 0.2) is 0 Å². The van der Waals surface area contributed by atoms with Gasteiger partial charge >= 0.3 is 6.03 Å². The van der Waals surface area contributed by atoms with Crippen molar-refractivity contribution in [2.75, 3.05) is 0 Å². The van der Waals surface area contributed by atoms with E-state index in [1.807, 2.05) is 11.4 Å². The molecule has 3 aromatic rings. The number of benzene rings is 1. The number of non-ortho nitro benzene ring substituents is 1. The lowest BCUT2D eigenvalue weighted by molar-refractivity contribution is -0.384. The highest BCUT2D eigenvalue weighted by Crippen LogP contribution is 2.42. The fourth-order valence-corrected chi connectivity index (χ4v) is 4.98. The van der Waals surface area contributed by atoms with E-state index in [1.165, 1.54) is 24.3 Å². The molecule has 10 nitrogen and oxygen atoms in total. The first kappa shape index (κ1) is 18.4. The normalized spacial score (nSPS) is 20.5. The van der Waals surface area contributed by atoms with Crippen LogP contribution in [0.25, 0.3) is 11.5 Å². The number of aromatic nitrogens is 2. The van der Waals surface area contributed by atoms with Crippen LogP contribution in [-0.2, 0) is 23.3 Å². The van der Waals surface area contributed by atoms with Crippen molar-refractivity contribution in [1.29, 1.82) is 0 Å². The molecule has 1 aliphatic heterocycles. The zero-order valence-electron chi connectivity index (χ0n) is 15.5. The first-order valence-electron chi connectivity index (χ1n) is 9.26. The molecule has 1 fully saturated rings. The Morgan fingerprint density at radius 2 is 2.03 bits per heavy atom. The van der Waals surface area contributed by atoms with Gasteiger partial charge < -0.3 is 9.73 Å². The smallest absolute Gasteiger partial charge is 0.325 e. The van der Waals surface area contributed by atoms with E-state index in [2.05, 4.69) is 15.5 Å². The molecule has 0 saturated carbocycles. The fraction of sp³-hybridized carbons (Fsp3) is 0.263. The summed E-state index contributed by atoms with van der Waals surface area (Å²) in [6.07, 6.45) is 2.27. The first-order valence-corrected chi connectivity index (χ1v) is 10.1. The Bertz CT molecular complexity index is 1170. The average Bonchev–Trinajstić information content (AvgIpc) is 3.45.